The molecule has 1 fully saturated rings. The van der Waals surface area contributed by atoms with E-state index < -0.39 is 0 Å². The Morgan fingerprint density at radius 1 is 1.37 bits per heavy atom. The molecule has 1 N–H and O–H groups in total. The number of ether oxygens (including phenoxy) is 1. The van der Waals surface area contributed by atoms with Gasteiger partial charge in [-0.25, -0.2) is 0 Å². The molecule has 1 unspecified atom stereocenters. The Kier molecular flexibility index (Phi) is 5.10. The molecule has 1 amide bonds. The predicted octanol–water partition coefficient (Wildman–Crippen LogP) is 1.61. The highest BCUT2D eigenvalue weighted by Crippen LogP contribution is 2.32. The van der Waals surface area contributed by atoms with Crippen LogP contribution >= 0.6 is 11.8 Å². The minimum absolute atomic E-state index is 0.0885. The quantitative estimate of drug-likeness (QED) is 0.851. The maximum absolute atomic E-state index is 12.3. The van der Waals surface area contributed by atoms with E-state index in [1.165, 1.54) is 0 Å². The first-order valence-electron chi connectivity index (χ1n) is 6.51. The number of nitrogens with zero attached hydrogens (tertiary/aromatic N) is 1. The summed E-state index contributed by atoms with van der Waals surface area (Å²) in [6, 6.07) is 7.81. The van der Waals surface area contributed by atoms with Crippen LogP contribution in [0.3, 0.4) is 0 Å². The van der Waals surface area contributed by atoms with Crippen LogP contribution in [0, 0.1) is 0 Å². The molecule has 0 bridgehead atoms. The van der Waals surface area contributed by atoms with Gasteiger partial charge in [0.15, 0.2) is 0 Å². The van der Waals surface area contributed by atoms with Crippen molar-refractivity contribution in [2.24, 2.45) is 0 Å². The van der Waals surface area contributed by atoms with Gasteiger partial charge >= 0.3 is 0 Å². The predicted molar refractivity (Wildman–Crippen MR) is 77.8 cm³/mol. The second-order valence-corrected chi connectivity index (χ2v) is 5.87. The molecule has 0 aliphatic carbocycles. The monoisotopic (exact) mass is 280 g/mol. The molecule has 1 aromatic carbocycles. The molecule has 1 heterocycles. The summed E-state index contributed by atoms with van der Waals surface area (Å²) in [6.45, 7) is 5.34. The number of thioether (sulfide) groups is 1. The number of hydrogen-bond acceptors (Lipinski definition) is 4. The highest BCUT2D eigenvalue weighted by molar-refractivity contribution is 8.00. The number of nitrogens with one attached hydrogen (secondary N) is 1. The van der Waals surface area contributed by atoms with Crippen molar-refractivity contribution in [3.63, 3.8) is 0 Å². The van der Waals surface area contributed by atoms with Gasteiger partial charge in [-0.3, -0.25) is 4.79 Å². The van der Waals surface area contributed by atoms with E-state index in [0.29, 0.717) is 0 Å². The van der Waals surface area contributed by atoms with Gasteiger partial charge in [-0.15, -0.1) is 11.8 Å². The third-order valence-electron chi connectivity index (χ3n) is 3.15. The van der Waals surface area contributed by atoms with Crippen LogP contribution in [0.4, 0.5) is 0 Å². The summed E-state index contributed by atoms with van der Waals surface area (Å²) < 4.78 is 5.32. The topological polar surface area (TPSA) is 41.6 Å². The van der Waals surface area contributed by atoms with Crippen LogP contribution in [0.1, 0.15) is 6.92 Å². The first-order valence-corrected chi connectivity index (χ1v) is 7.39. The fraction of sp³-hybridized carbons (Fsp3) is 0.500. The Morgan fingerprint density at radius 3 is 2.74 bits per heavy atom. The molecule has 1 saturated heterocycles. The van der Waals surface area contributed by atoms with Crippen LogP contribution in [-0.2, 0) is 4.79 Å². The van der Waals surface area contributed by atoms with Crippen molar-refractivity contribution in [1.82, 2.24) is 10.2 Å². The van der Waals surface area contributed by atoms with Gasteiger partial charge in [0, 0.05) is 26.2 Å². The fourth-order valence-corrected chi connectivity index (χ4v) is 3.15. The minimum atomic E-state index is -0.0885. The molecule has 104 valence electrons. The van der Waals surface area contributed by atoms with E-state index in [2.05, 4.69) is 5.32 Å². The number of hydrogen-bond donors (Lipinski definition) is 1. The highest BCUT2D eigenvalue weighted by Gasteiger charge is 2.23. The number of benzene rings is 1. The lowest BCUT2D eigenvalue weighted by Crippen LogP contribution is -2.48. The largest absolute Gasteiger partial charge is 0.496 e. The van der Waals surface area contributed by atoms with Gasteiger partial charge in [-0.05, 0) is 19.1 Å². The molecule has 0 radical (unpaired) electrons. The van der Waals surface area contributed by atoms with E-state index in [9.17, 15) is 4.79 Å². The molecule has 1 atom stereocenters. The summed E-state index contributed by atoms with van der Waals surface area (Å²) in [4.78, 5) is 15.3. The molecule has 2 rings (SSSR count). The normalized spacial score (nSPS) is 17.1. The van der Waals surface area contributed by atoms with E-state index in [0.717, 1.165) is 36.8 Å². The number of para-hydroxylation sites is 1. The molecule has 5 heteroatoms. The summed E-state index contributed by atoms with van der Waals surface area (Å²) >= 11 is 1.56. The summed E-state index contributed by atoms with van der Waals surface area (Å²) in [5.74, 6) is 1.03. The van der Waals surface area contributed by atoms with Crippen molar-refractivity contribution in [2.45, 2.75) is 17.1 Å². The molecular weight excluding hydrogens is 260 g/mol. The summed E-state index contributed by atoms with van der Waals surface area (Å²) in [5.41, 5.74) is 0. The van der Waals surface area contributed by atoms with Gasteiger partial charge in [0.1, 0.15) is 5.75 Å². The highest BCUT2D eigenvalue weighted by atomic mass is 32.2. The molecule has 19 heavy (non-hydrogen) atoms. The Balaban J connectivity index is 1.99. The SMILES string of the molecule is COc1ccccc1SC(C)C(=O)N1CCNCC1. The molecule has 0 aromatic heterocycles. The number of carbonyl (C=O) groups is 1. The van der Waals surface area contributed by atoms with Crippen LogP contribution in [0.5, 0.6) is 5.75 Å². The lowest BCUT2D eigenvalue weighted by molar-refractivity contribution is -0.130. The Labute approximate surface area is 118 Å². The molecule has 1 aliphatic rings. The second-order valence-electron chi connectivity index (χ2n) is 4.49. The number of carbonyl (C=O) groups excluding carboxylic acids is 1. The summed E-state index contributed by atoms with van der Waals surface area (Å²) in [7, 11) is 1.65. The fourth-order valence-electron chi connectivity index (χ4n) is 2.10. The van der Waals surface area contributed by atoms with E-state index in [1.807, 2.05) is 36.1 Å². The van der Waals surface area contributed by atoms with Crippen LogP contribution < -0.4 is 10.1 Å². The molecule has 0 saturated carbocycles. The maximum atomic E-state index is 12.3. The van der Waals surface area contributed by atoms with Crippen LogP contribution in [-0.4, -0.2) is 49.3 Å². The van der Waals surface area contributed by atoms with Crippen molar-refractivity contribution in [2.75, 3.05) is 33.3 Å². The molecule has 1 aromatic rings. The average Bonchev–Trinajstić information content (AvgIpc) is 2.48. The molecule has 1 aliphatic heterocycles. The van der Waals surface area contributed by atoms with E-state index in [4.69, 9.17) is 4.74 Å². The number of methoxy groups -OCH3 is 1. The van der Waals surface area contributed by atoms with Crippen LogP contribution in [0.2, 0.25) is 0 Å². The van der Waals surface area contributed by atoms with Gasteiger partial charge in [0.25, 0.3) is 0 Å². The third-order valence-corrected chi connectivity index (χ3v) is 4.30. The lowest BCUT2D eigenvalue weighted by atomic mass is 10.3. The lowest BCUT2D eigenvalue weighted by Gasteiger charge is -2.29. The summed E-state index contributed by atoms with van der Waals surface area (Å²) in [5, 5.41) is 3.17. The van der Waals surface area contributed by atoms with Gasteiger partial charge in [-0.2, -0.15) is 0 Å². The van der Waals surface area contributed by atoms with Crippen molar-refractivity contribution >= 4 is 17.7 Å². The van der Waals surface area contributed by atoms with Gasteiger partial charge in [0.2, 0.25) is 5.91 Å². The van der Waals surface area contributed by atoms with Gasteiger partial charge < -0.3 is 15.0 Å². The third kappa shape index (κ3) is 3.64. The molecule has 0 spiro atoms. The zero-order valence-electron chi connectivity index (χ0n) is 11.4. The van der Waals surface area contributed by atoms with Gasteiger partial charge in [0.05, 0.1) is 17.3 Å². The summed E-state index contributed by atoms with van der Waals surface area (Å²) in [6.07, 6.45) is 0. The van der Waals surface area contributed by atoms with Crippen LogP contribution in [0.25, 0.3) is 0 Å². The Bertz CT molecular complexity index is 433. The smallest absolute Gasteiger partial charge is 0.235 e. The number of piperazine rings is 1. The first kappa shape index (κ1) is 14.2. The first-order chi connectivity index (χ1) is 9.22. The number of rotatable bonds is 4. The van der Waals surface area contributed by atoms with E-state index >= 15 is 0 Å². The van der Waals surface area contributed by atoms with Crippen molar-refractivity contribution in [3.05, 3.63) is 24.3 Å². The molecular formula is C14H20N2O2S. The number of amides is 1. The van der Waals surface area contributed by atoms with Crippen molar-refractivity contribution in [1.29, 1.82) is 0 Å². The second kappa shape index (κ2) is 6.82. The molecule has 4 nitrogen and oxygen atoms in total. The standard InChI is InChI=1S/C14H20N2O2S/c1-11(14(17)16-9-7-15-8-10-16)19-13-6-4-3-5-12(13)18-2/h3-6,11,15H,7-10H2,1-2H3. The van der Waals surface area contributed by atoms with E-state index in [-0.39, 0.29) is 11.2 Å². The zero-order chi connectivity index (χ0) is 13.7. The van der Waals surface area contributed by atoms with Crippen molar-refractivity contribution in [3.8, 4) is 5.75 Å². The Morgan fingerprint density at radius 2 is 2.05 bits per heavy atom. The minimum Gasteiger partial charge on any atom is -0.496 e. The maximum Gasteiger partial charge on any atom is 0.235 e. The zero-order valence-corrected chi connectivity index (χ0v) is 12.2. The average molecular weight is 280 g/mol. The Hall–Kier alpha value is -1.20. The van der Waals surface area contributed by atoms with Crippen molar-refractivity contribution < 1.29 is 9.53 Å². The van der Waals surface area contributed by atoms with Gasteiger partial charge in [-0.1, -0.05) is 12.1 Å². The van der Waals surface area contributed by atoms with Crippen LogP contribution in [0.15, 0.2) is 29.2 Å². The van der Waals surface area contributed by atoms with E-state index in [1.54, 1.807) is 18.9 Å².